The van der Waals surface area contributed by atoms with E-state index in [-0.39, 0.29) is 17.0 Å². The van der Waals surface area contributed by atoms with Gasteiger partial charge in [-0.3, -0.25) is 0 Å². The Kier molecular flexibility index (Phi) is 2.96. The van der Waals surface area contributed by atoms with Crippen LogP contribution in [0.15, 0.2) is 18.2 Å². The highest BCUT2D eigenvalue weighted by Gasteiger charge is 2.38. The number of benzene rings is 1. The summed E-state index contributed by atoms with van der Waals surface area (Å²) in [7, 11) is 0. The molecule has 1 heterocycles. The first kappa shape index (κ1) is 10.9. The lowest BCUT2D eigenvalue weighted by atomic mass is 9.81. The zero-order chi connectivity index (χ0) is 10.9. The van der Waals surface area contributed by atoms with Crippen LogP contribution in [0, 0.1) is 11.2 Å². The Labute approximate surface area is 92.6 Å². The van der Waals surface area contributed by atoms with E-state index in [1.165, 1.54) is 6.07 Å². The first-order chi connectivity index (χ1) is 7.15. The molecular weight excluding hydrogens is 219 g/mol. The monoisotopic (exact) mass is 230 g/mol. The third-order valence-corrected chi connectivity index (χ3v) is 3.00. The molecule has 0 bridgehead atoms. The Bertz CT molecular complexity index is 358. The minimum absolute atomic E-state index is 0.0853. The second-order valence-electron chi connectivity index (χ2n) is 4.08. The van der Waals surface area contributed by atoms with Crippen molar-refractivity contribution in [1.82, 2.24) is 0 Å². The highest BCUT2D eigenvalue weighted by molar-refractivity contribution is 6.30. The molecule has 1 aromatic rings. The lowest BCUT2D eigenvalue weighted by Crippen LogP contribution is -2.47. The van der Waals surface area contributed by atoms with Gasteiger partial charge >= 0.3 is 0 Å². The molecule has 1 N–H and O–H groups in total. The highest BCUT2D eigenvalue weighted by atomic mass is 35.5. The summed E-state index contributed by atoms with van der Waals surface area (Å²) in [5, 5.41) is 9.36. The van der Waals surface area contributed by atoms with Crippen molar-refractivity contribution in [1.29, 1.82) is 0 Å². The summed E-state index contributed by atoms with van der Waals surface area (Å²) in [6.07, 6.45) is 0.670. The summed E-state index contributed by atoms with van der Waals surface area (Å²) in [6.45, 7) is 1.19. The zero-order valence-corrected chi connectivity index (χ0v) is 8.93. The van der Waals surface area contributed by atoms with E-state index in [4.69, 9.17) is 16.3 Å². The predicted octanol–water partition coefficient (Wildman–Crippen LogP) is 2.03. The summed E-state index contributed by atoms with van der Waals surface area (Å²) in [5.74, 6) is -0.414. The van der Waals surface area contributed by atoms with Crippen LogP contribution in [0.2, 0.25) is 5.02 Å². The van der Waals surface area contributed by atoms with Crippen LogP contribution >= 0.6 is 11.6 Å². The number of aliphatic hydroxyl groups is 1. The van der Waals surface area contributed by atoms with Crippen LogP contribution in [0.4, 0.5) is 4.39 Å². The van der Waals surface area contributed by atoms with Crippen molar-refractivity contribution < 1.29 is 14.2 Å². The van der Waals surface area contributed by atoms with Crippen LogP contribution < -0.4 is 0 Å². The molecule has 1 aromatic carbocycles. The fourth-order valence-corrected chi connectivity index (χ4v) is 1.93. The molecule has 15 heavy (non-hydrogen) atoms. The summed E-state index contributed by atoms with van der Waals surface area (Å²) in [4.78, 5) is 0. The number of ether oxygens (including phenoxy) is 1. The number of hydrogen-bond acceptors (Lipinski definition) is 2. The van der Waals surface area contributed by atoms with Crippen molar-refractivity contribution in [2.24, 2.45) is 5.41 Å². The van der Waals surface area contributed by atoms with E-state index in [1.807, 2.05) is 0 Å². The topological polar surface area (TPSA) is 29.5 Å². The zero-order valence-electron chi connectivity index (χ0n) is 8.17. The van der Waals surface area contributed by atoms with Gasteiger partial charge in [0, 0.05) is 5.41 Å². The molecule has 1 fully saturated rings. The maximum atomic E-state index is 12.9. The second kappa shape index (κ2) is 4.08. The maximum Gasteiger partial charge on any atom is 0.141 e. The van der Waals surface area contributed by atoms with Gasteiger partial charge in [-0.2, -0.15) is 0 Å². The van der Waals surface area contributed by atoms with Crippen LogP contribution in [0.5, 0.6) is 0 Å². The Morgan fingerprint density at radius 1 is 1.47 bits per heavy atom. The summed E-state index contributed by atoms with van der Waals surface area (Å²) < 4.78 is 18.0. The van der Waals surface area contributed by atoms with E-state index in [1.54, 1.807) is 12.1 Å². The van der Waals surface area contributed by atoms with Crippen molar-refractivity contribution in [3.8, 4) is 0 Å². The van der Waals surface area contributed by atoms with Gasteiger partial charge in [-0.25, -0.2) is 4.39 Å². The predicted molar refractivity (Wildman–Crippen MR) is 55.5 cm³/mol. The third kappa shape index (κ3) is 2.14. The average molecular weight is 231 g/mol. The van der Waals surface area contributed by atoms with Crippen LogP contribution in [-0.4, -0.2) is 24.9 Å². The first-order valence-corrected chi connectivity index (χ1v) is 5.16. The molecule has 0 aliphatic carbocycles. The third-order valence-electron chi connectivity index (χ3n) is 2.72. The lowest BCUT2D eigenvalue weighted by molar-refractivity contribution is -0.136. The molecular formula is C11H12ClFO2. The molecule has 82 valence electrons. The minimum Gasteiger partial charge on any atom is -0.396 e. The molecule has 0 unspecified atom stereocenters. The van der Waals surface area contributed by atoms with E-state index in [0.717, 1.165) is 5.56 Å². The fourth-order valence-electron chi connectivity index (χ4n) is 1.72. The molecule has 4 heteroatoms. The molecule has 1 aliphatic heterocycles. The number of hydrogen-bond donors (Lipinski definition) is 1. The van der Waals surface area contributed by atoms with Crippen LogP contribution in [0.25, 0.3) is 0 Å². The molecule has 2 nitrogen and oxygen atoms in total. The molecule has 0 saturated carbocycles. The van der Waals surface area contributed by atoms with Gasteiger partial charge in [-0.05, 0) is 24.1 Å². The molecule has 0 amide bonds. The van der Waals surface area contributed by atoms with Crippen molar-refractivity contribution in [3.63, 3.8) is 0 Å². The quantitative estimate of drug-likeness (QED) is 0.861. The summed E-state index contributed by atoms with van der Waals surface area (Å²) in [6, 6.07) is 4.64. The summed E-state index contributed by atoms with van der Waals surface area (Å²) >= 11 is 5.68. The Hall–Kier alpha value is -0.640. The van der Waals surface area contributed by atoms with Crippen molar-refractivity contribution in [2.75, 3.05) is 19.8 Å². The fraction of sp³-hybridized carbons (Fsp3) is 0.455. The van der Waals surface area contributed by atoms with Crippen LogP contribution in [0.1, 0.15) is 5.56 Å². The van der Waals surface area contributed by atoms with E-state index < -0.39 is 5.82 Å². The molecule has 0 spiro atoms. The number of halogens is 2. The second-order valence-corrected chi connectivity index (χ2v) is 4.48. The van der Waals surface area contributed by atoms with Gasteiger partial charge in [0.15, 0.2) is 0 Å². The molecule has 0 aromatic heterocycles. The van der Waals surface area contributed by atoms with Gasteiger partial charge in [0.1, 0.15) is 5.82 Å². The standard InChI is InChI=1S/C11H12ClFO2/c12-9-3-8(1-2-10(9)13)4-11(5-14)6-15-7-11/h1-3,14H,4-7H2. The van der Waals surface area contributed by atoms with Crippen molar-refractivity contribution >= 4 is 11.6 Å². The number of aliphatic hydroxyl groups excluding tert-OH is 1. The van der Waals surface area contributed by atoms with Gasteiger partial charge in [-0.15, -0.1) is 0 Å². The average Bonchev–Trinajstić information content (AvgIpc) is 2.17. The van der Waals surface area contributed by atoms with Crippen LogP contribution in [-0.2, 0) is 11.2 Å². The van der Waals surface area contributed by atoms with E-state index in [0.29, 0.717) is 19.6 Å². The normalized spacial score (nSPS) is 18.6. The van der Waals surface area contributed by atoms with Crippen LogP contribution in [0.3, 0.4) is 0 Å². The van der Waals surface area contributed by atoms with Gasteiger partial charge in [0.25, 0.3) is 0 Å². The first-order valence-electron chi connectivity index (χ1n) is 4.78. The van der Waals surface area contributed by atoms with Gasteiger partial charge in [0.2, 0.25) is 0 Å². The Balaban J connectivity index is 2.13. The molecule has 0 radical (unpaired) electrons. The molecule has 1 saturated heterocycles. The van der Waals surface area contributed by atoms with Gasteiger partial charge in [-0.1, -0.05) is 17.7 Å². The largest absolute Gasteiger partial charge is 0.396 e. The van der Waals surface area contributed by atoms with E-state index in [9.17, 15) is 9.50 Å². The lowest BCUT2D eigenvalue weighted by Gasteiger charge is -2.40. The maximum absolute atomic E-state index is 12.9. The smallest absolute Gasteiger partial charge is 0.141 e. The van der Waals surface area contributed by atoms with Crippen molar-refractivity contribution in [2.45, 2.75) is 6.42 Å². The minimum atomic E-state index is -0.414. The Morgan fingerprint density at radius 2 is 2.20 bits per heavy atom. The molecule has 1 aliphatic rings. The Morgan fingerprint density at radius 3 is 2.67 bits per heavy atom. The highest BCUT2D eigenvalue weighted by Crippen LogP contribution is 2.32. The summed E-state index contributed by atoms with van der Waals surface area (Å²) in [5.41, 5.74) is 0.736. The van der Waals surface area contributed by atoms with Crippen molar-refractivity contribution in [3.05, 3.63) is 34.6 Å². The van der Waals surface area contributed by atoms with Gasteiger partial charge < -0.3 is 9.84 Å². The number of rotatable bonds is 3. The molecule has 0 atom stereocenters. The molecule has 2 rings (SSSR count). The van der Waals surface area contributed by atoms with E-state index >= 15 is 0 Å². The SMILES string of the molecule is OCC1(Cc2ccc(F)c(Cl)c2)COC1. The van der Waals surface area contributed by atoms with Gasteiger partial charge in [0.05, 0.1) is 24.8 Å². The van der Waals surface area contributed by atoms with E-state index in [2.05, 4.69) is 0 Å².